The van der Waals surface area contributed by atoms with Crippen LogP contribution in [0.3, 0.4) is 0 Å². The van der Waals surface area contributed by atoms with Crippen LogP contribution in [0.2, 0.25) is 0 Å². The lowest BCUT2D eigenvalue weighted by molar-refractivity contribution is 0.490. The van der Waals surface area contributed by atoms with Gasteiger partial charge in [-0.25, -0.2) is 0 Å². The van der Waals surface area contributed by atoms with Gasteiger partial charge in [-0.2, -0.15) is 8.42 Å². The van der Waals surface area contributed by atoms with Gasteiger partial charge in [0.2, 0.25) is 0 Å². The summed E-state index contributed by atoms with van der Waals surface area (Å²) in [6.07, 6.45) is 4.29. The van der Waals surface area contributed by atoms with E-state index >= 15 is 0 Å². The number of nitrogens with zero attached hydrogens (tertiary/aromatic N) is 1. The Morgan fingerprint density at radius 2 is 1.67 bits per heavy atom. The van der Waals surface area contributed by atoms with Crippen LogP contribution in [0.4, 0.5) is 0 Å². The fraction of sp³-hybridized carbons (Fsp3) is 0.286. The highest BCUT2D eigenvalue weighted by Crippen LogP contribution is 1.88. The van der Waals surface area contributed by atoms with Crippen molar-refractivity contribution in [2.24, 2.45) is 0 Å². The zero-order chi connectivity index (χ0) is 9.61. The Bertz CT molecular complexity index is 299. The van der Waals surface area contributed by atoms with Gasteiger partial charge in [0.05, 0.1) is 6.26 Å². The van der Waals surface area contributed by atoms with Crippen molar-refractivity contribution in [2.75, 3.05) is 6.26 Å². The lowest BCUT2D eigenvalue weighted by atomic mass is 10.3. The predicted molar refractivity (Wildman–Crippen MR) is 46.4 cm³/mol. The summed E-state index contributed by atoms with van der Waals surface area (Å²) in [5, 5.41) is 0. The molecule has 1 aromatic heterocycles. The Hall–Kier alpha value is -0.940. The van der Waals surface area contributed by atoms with E-state index in [4.69, 9.17) is 4.55 Å². The molecule has 0 aromatic carbocycles. The van der Waals surface area contributed by atoms with Crippen LogP contribution in [0.1, 0.15) is 5.56 Å². The number of aromatic nitrogens is 1. The molecule has 0 bridgehead atoms. The first-order valence-corrected chi connectivity index (χ1v) is 5.03. The first-order chi connectivity index (χ1) is 5.39. The fourth-order valence-electron chi connectivity index (χ4n) is 0.426. The maximum absolute atomic E-state index is 9.19. The van der Waals surface area contributed by atoms with Gasteiger partial charge < -0.3 is 0 Å². The quantitative estimate of drug-likeness (QED) is 0.615. The maximum Gasteiger partial charge on any atom is 0.261 e. The molecule has 0 fully saturated rings. The monoisotopic (exact) mass is 189 g/mol. The average Bonchev–Trinajstić information content (AvgIpc) is 1.85. The van der Waals surface area contributed by atoms with Crippen molar-refractivity contribution >= 4 is 10.1 Å². The molecule has 0 aliphatic heterocycles. The Labute approximate surface area is 72.0 Å². The van der Waals surface area contributed by atoms with Gasteiger partial charge in [0.1, 0.15) is 0 Å². The summed E-state index contributed by atoms with van der Waals surface area (Å²) in [6.45, 7) is 2.04. The second-order valence-corrected chi connectivity index (χ2v) is 3.72. The topological polar surface area (TPSA) is 67.3 Å². The molecule has 1 heterocycles. The molecule has 0 radical (unpaired) electrons. The molecule has 4 nitrogen and oxygen atoms in total. The van der Waals surface area contributed by atoms with Crippen LogP contribution in [0.5, 0.6) is 0 Å². The van der Waals surface area contributed by atoms with E-state index in [1.807, 2.05) is 19.1 Å². The van der Waals surface area contributed by atoms with E-state index in [2.05, 4.69) is 4.98 Å². The Morgan fingerprint density at radius 1 is 1.33 bits per heavy atom. The zero-order valence-corrected chi connectivity index (χ0v) is 7.75. The molecule has 0 saturated heterocycles. The molecule has 1 rings (SSSR count). The third-order valence-corrected chi connectivity index (χ3v) is 0.847. The molecule has 68 valence electrons. The van der Waals surface area contributed by atoms with Crippen LogP contribution in [0, 0.1) is 6.92 Å². The Kier molecular flexibility index (Phi) is 4.46. The fourth-order valence-corrected chi connectivity index (χ4v) is 0.426. The number of hydrogen-bond acceptors (Lipinski definition) is 3. The highest BCUT2D eigenvalue weighted by atomic mass is 32.2. The Morgan fingerprint density at radius 3 is 1.83 bits per heavy atom. The lowest BCUT2D eigenvalue weighted by Gasteiger charge is -1.82. The number of hydrogen-bond donors (Lipinski definition) is 1. The van der Waals surface area contributed by atoms with Crippen molar-refractivity contribution in [3.63, 3.8) is 0 Å². The molecule has 1 aromatic rings. The number of aryl methyl sites for hydroxylation is 1. The third kappa shape index (κ3) is 11.8. The highest BCUT2D eigenvalue weighted by Gasteiger charge is 1.81. The molecule has 0 saturated carbocycles. The van der Waals surface area contributed by atoms with Crippen LogP contribution in [-0.2, 0) is 10.1 Å². The third-order valence-electron chi connectivity index (χ3n) is 0.847. The Balaban J connectivity index is 0.000000217. The minimum Gasteiger partial charge on any atom is -0.286 e. The maximum atomic E-state index is 9.19. The van der Waals surface area contributed by atoms with Gasteiger partial charge >= 0.3 is 0 Å². The van der Waals surface area contributed by atoms with E-state index in [0.717, 1.165) is 0 Å². The number of rotatable bonds is 0. The molecule has 0 atom stereocenters. The van der Waals surface area contributed by atoms with E-state index in [-0.39, 0.29) is 0 Å². The van der Waals surface area contributed by atoms with E-state index in [9.17, 15) is 8.42 Å². The van der Waals surface area contributed by atoms with Crippen molar-refractivity contribution in [1.82, 2.24) is 4.98 Å². The number of pyridine rings is 1. The standard InChI is InChI=1S/C6H7N.CH4O3S/c1-6-2-4-7-5-3-6;1-5(2,3)4/h2-5H,1H3;1H3,(H,2,3,4). The summed E-state index contributed by atoms with van der Waals surface area (Å²) in [5.74, 6) is 0. The van der Waals surface area contributed by atoms with E-state index in [1.54, 1.807) is 12.4 Å². The van der Waals surface area contributed by atoms with Crippen LogP contribution >= 0.6 is 0 Å². The van der Waals surface area contributed by atoms with Crippen molar-refractivity contribution in [3.8, 4) is 0 Å². The van der Waals surface area contributed by atoms with Crippen molar-refractivity contribution < 1.29 is 13.0 Å². The van der Waals surface area contributed by atoms with E-state index < -0.39 is 10.1 Å². The molecule has 1 N–H and O–H groups in total. The summed E-state index contributed by atoms with van der Waals surface area (Å²) in [4.78, 5) is 3.85. The van der Waals surface area contributed by atoms with Gasteiger partial charge in [-0.05, 0) is 24.6 Å². The average molecular weight is 189 g/mol. The van der Waals surface area contributed by atoms with Crippen molar-refractivity contribution in [3.05, 3.63) is 30.1 Å². The smallest absolute Gasteiger partial charge is 0.261 e. The van der Waals surface area contributed by atoms with Gasteiger partial charge in [-0.1, -0.05) is 0 Å². The van der Waals surface area contributed by atoms with Gasteiger partial charge in [-0.3, -0.25) is 9.54 Å². The first-order valence-electron chi connectivity index (χ1n) is 3.18. The normalized spacial score (nSPS) is 9.92. The second-order valence-electron chi connectivity index (χ2n) is 2.26. The predicted octanol–water partition coefficient (Wildman–Crippen LogP) is 0.894. The van der Waals surface area contributed by atoms with Crippen molar-refractivity contribution in [2.45, 2.75) is 6.92 Å². The van der Waals surface area contributed by atoms with Crippen LogP contribution in [0.15, 0.2) is 24.5 Å². The molecule has 0 aliphatic carbocycles. The largest absolute Gasteiger partial charge is 0.286 e. The first kappa shape index (κ1) is 11.1. The summed E-state index contributed by atoms with van der Waals surface area (Å²) >= 11 is 0. The molecule has 0 amide bonds. The second kappa shape index (κ2) is 4.84. The van der Waals surface area contributed by atoms with E-state index in [1.165, 1.54) is 5.56 Å². The molecule has 0 spiro atoms. The van der Waals surface area contributed by atoms with Gasteiger partial charge in [-0.15, -0.1) is 0 Å². The van der Waals surface area contributed by atoms with Gasteiger partial charge in [0, 0.05) is 12.4 Å². The lowest BCUT2D eigenvalue weighted by Crippen LogP contribution is -1.88. The van der Waals surface area contributed by atoms with Crippen LogP contribution in [0.25, 0.3) is 0 Å². The summed E-state index contributed by atoms with van der Waals surface area (Å²) in [7, 11) is -3.67. The van der Waals surface area contributed by atoms with Gasteiger partial charge in [0.25, 0.3) is 10.1 Å². The highest BCUT2D eigenvalue weighted by molar-refractivity contribution is 7.85. The van der Waals surface area contributed by atoms with Crippen LogP contribution in [-0.4, -0.2) is 24.2 Å². The van der Waals surface area contributed by atoms with Gasteiger partial charge in [0.15, 0.2) is 0 Å². The minimum absolute atomic E-state index is 0.715. The van der Waals surface area contributed by atoms with Crippen LogP contribution < -0.4 is 0 Å². The molecular formula is C7H11NO3S. The van der Waals surface area contributed by atoms with Crippen molar-refractivity contribution in [1.29, 1.82) is 0 Å². The molecule has 0 aliphatic rings. The zero-order valence-electron chi connectivity index (χ0n) is 6.93. The van der Waals surface area contributed by atoms with E-state index in [0.29, 0.717) is 6.26 Å². The summed E-state index contributed by atoms with van der Waals surface area (Å²) < 4.78 is 25.9. The molecule has 12 heavy (non-hydrogen) atoms. The molecule has 5 heteroatoms. The SMILES string of the molecule is CS(=O)(=O)O.Cc1ccncc1. The summed E-state index contributed by atoms with van der Waals surface area (Å²) in [5.41, 5.74) is 1.26. The molecule has 0 unspecified atom stereocenters. The summed E-state index contributed by atoms with van der Waals surface area (Å²) in [6, 6.07) is 3.94. The molecular weight excluding hydrogens is 178 g/mol. The minimum atomic E-state index is -3.67.